The molecule has 28 heavy (non-hydrogen) atoms. The first-order valence-corrected chi connectivity index (χ1v) is 10.5. The van der Waals surface area contributed by atoms with Crippen LogP contribution in [0.5, 0.6) is 11.5 Å². The molecule has 8 heteroatoms. The van der Waals surface area contributed by atoms with E-state index in [4.69, 9.17) is 9.47 Å². The van der Waals surface area contributed by atoms with Crippen molar-refractivity contribution < 1.29 is 22.7 Å². The summed E-state index contributed by atoms with van der Waals surface area (Å²) in [4.78, 5) is 13.8. The number of carbonyl (C=O) groups is 1. The van der Waals surface area contributed by atoms with E-state index in [0.29, 0.717) is 30.2 Å². The predicted octanol–water partition coefficient (Wildman–Crippen LogP) is 2.87. The summed E-state index contributed by atoms with van der Waals surface area (Å²) in [6, 6.07) is 11.3. The highest BCUT2D eigenvalue weighted by Gasteiger charge is 2.27. The maximum absolute atomic E-state index is 13.0. The number of nitrogens with one attached hydrogen (secondary N) is 1. The van der Waals surface area contributed by atoms with Crippen LogP contribution in [0.1, 0.15) is 31.4 Å². The van der Waals surface area contributed by atoms with Gasteiger partial charge in [0.25, 0.3) is 0 Å². The van der Waals surface area contributed by atoms with Crippen LogP contribution < -0.4 is 19.1 Å². The minimum atomic E-state index is -3.83. The second-order valence-corrected chi connectivity index (χ2v) is 8.28. The fraction of sp³-hybridized carbons (Fsp3) is 0.350. The van der Waals surface area contributed by atoms with Crippen LogP contribution in [0.25, 0.3) is 0 Å². The minimum absolute atomic E-state index is 0.0387. The third kappa shape index (κ3) is 3.98. The summed E-state index contributed by atoms with van der Waals surface area (Å²) in [5, 5.41) is 0. The Bertz CT molecular complexity index is 974. The Hall–Kier alpha value is -2.58. The Morgan fingerprint density at radius 3 is 2.43 bits per heavy atom. The van der Waals surface area contributed by atoms with Gasteiger partial charge in [-0.2, -0.15) is 0 Å². The Labute approximate surface area is 165 Å². The number of anilines is 1. The molecular weight excluding hydrogens is 380 g/mol. The molecule has 1 aliphatic heterocycles. The van der Waals surface area contributed by atoms with Crippen molar-refractivity contribution in [3.8, 4) is 11.5 Å². The highest BCUT2D eigenvalue weighted by Crippen LogP contribution is 2.34. The number of rotatable bonds is 7. The maximum atomic E-state index is 13.0. The lowest BCUT2D eigenvalue weighted by atomic mass is 10.1. The van der Waals surface area contributed by atoms with E-state index < -0.39 is 16.1 Å². The monoisotopic (exact) mass is 404 g/mol. The van der Waals surface area contributed by atoms with Crippen LogP contribution in [0.4, 0.5) is 5.69 Å². The molecule has 0 unspecified atom stereocenters. The van der Waals surface area contributed by atoms with Gasteiger partial charge in [-0.3, -0.25) is 4.79 Å². The zero-order chi connectivity index (χ0) is 20.3. The topological polar surface area (TPSA) is 84.9 Å². The molecule has 1 fully saturated rings. The van der Waals surface area contributed by atoms with E-state index in [1.54, 1.807) is 31.1 Å². The van der Waals surface area contributed by atoms with Gasteiger partial charge in [0.2, 0.25) is 15.9 Å². The molecule has 1 N–H and O–H groups in total. The van der Waals surface area contributed by atoms with E-state index >= 15 is 0 Å². The number of amides is 1. The van der Waals surface area contributed by atoms with Crippen molar-refractivity contribution in [2.45, 2.75) is 30.7 Å². The van der Waals surface area contributed by atoms with E-state index in [9.17, 15) is 13.2 Å². The summed E-state index contributed by atoms with van der Waals surface area (Å²) >= 11 is 0. The summed E-state index contributed by atoms with van der Waals surface area (Å²) in [6.45, 7) is 2.30. The molecule has 150 valence electrons. The number of methoxy groups -OCH3 is 2. The predicted molar refractivity (Wildman–Crippen MR) is 106 cm³/mol. The molecule has 0 spiro atoms. The van der Waals surface area contributed by atoms with Gasteiger partial charge in [-0.15, -0.1) is 0 Å². The number of hydrogen-bond acceptors (Lipinski definition) is 5. The van der Waals surface area contributed by atoms with E-state index in [-0.39, 0.29) is 10.8 Å². The number of benzene rings is 2. The smallest absolute Gasteiger partial charge is 0.241 e. The van der Waals surface area contributed by atoms with Gasteiger partial charge in [0.1, 0.15) is 11.5 Å². The lowest BCUT2D eigenvalue weighted by molar-refractivity contribution is -0.117. The van der Waals surface area contributed by atoms with Gasteiger partial charge in [0.15, 0.2) is 0 Å². The van der Waals surface area contributed by atoms with Gasteiger partial charge in [-0.25, -0.2) is 13.1 Å². The first kappa shape index (κ1) is 20.2. The van der Waals surface area contributed by atoms with Crippen LogP contribution in [-0.2, 0) is 14.8 Å². The SMILES string of the molecule is COc1ccccc1[C@@H](C)NS(=O)(=O)c1ccc(OC)c(N2CCCC2=O)c1. The van der Waals surface area contributed by atoms with Gasteiger partial charge >= 0.3 is 0 Å². The summed E-state index contributed by atoms with van der Waals surface area (Å²) in [6.07, 6.45) is 1.19. The molecule has 1 saturated heterocycles. The number of carbonyl (C=O) groups excluding carboxylic acids is 1. The highest BCUT2D eigenvalue weighted by molar-refractivity contribution is 7.89. The van der Waals surface area contributed by atoms with Gasteiger partial charge in [-0.05, 0) is 37.6 Å². The molecule has 2 aromatic carbocycles. The highest BCUT2D eigenvalue weighted by atomic mass is 32.2. The van der Waals surface area contributed by atoms with Crippen LogP contribution in [0.15, 0.2) is 47.4 Å². The molecule has 2 aromatic rings. The second kappa shape index (κ2) is 8.20. The van der Waals surface area contributed by atoms with Crippen molar-refractivity contribution in [3.05, 3.63) is 48.0 Å². The zero-order valence-corrected chi connectivity index (χ0v) is 17.0. The molecular formula is C20H24N2O5S. The lowest BCUT2D eigenvalue weighted by Gasteiger charge is -2.21. The molecule has 0 aromatic heterocycles. The molecule has 0 radical (unpaired) electrons. The molecule has 1 heterocycles. The zero-order valence-electron chi connectivity index (χ0n) is 16.1. The average Bonchev–Trinajstić information content (AvgIpc) is 3.12. The summed E-state index contributed by atoms with van der Waals surface area (Å²) in [7, 11) is -0.786. The number of para-hydroxylation sites is 1. The maximum Gasteiger partial charge on any atom is 0.241 e. The molecule has 0 saturated carbocycles. The molecule has 3 rings (SSSR count). The quantitative estimate of drug-likeness (QED) is 0.767. The van der Waals surface area contributed by atoms with Gasteiger partial charge < -0.3 is 14.4 Å². The Kier molecular flexibility index (Phi) is 5.90. The fourth-order valence-corrected chi connectivity index (χ4v) is 4.58. The standard InChI is InChI=1S/C20H24N2O5S/c1-14(16-7-4-5-8-18(16)26-2)21-28(24,25)15-10-11-19(27-3)17(13-15)22-12-6-9-20(22)23/h4-5,7-8,10-11,13-14,21H,6,9,12H2,1-3H3/t14-/m1/s1. The van der Waals surface area contributed by atoms with Crippen molar-refractivity contribution in [1.82, 2.24) is 4.72 Å². The molecule has 1 aliphatic rings. The third-order valence-corrected chi connectivity index (χ3v) is 6.30. The number of nitrogens with zero attached hydrogens (tertiary/aromatic N) is 1. The molecule has 1 atom stereocenters. The molecule has 7 nitrogen and oxygen atoms in total. The third-order valence-electron chi connectivity index (χ3n) is 4.76. The van der Waals surface area contributed by atoms with Crippen LogP contribution in [-0.4, -0.2) is 35.1 Å². The first-order chi connectivity index (χ1) is 13.4. The van der Waals surface area contributed by atoms with Gasteiger partial charge in [-0.1, -0.05) is 18.2 Å². The fourth-order valence-electron chi connectivity index (χ4n) is 3.34. The average molecular weight is 404 g/mol. The van der Waals surface area contributed by atoms with Crippen molar-refractivity contribution in [2.24, 2.45) is 0 Å². The Morgan fingerprint density at radius 2 is 1.79 bits per heavy atom. The van der Waals surface area contributed by atoms with Crippen LogP contribution in [0, 0.1) is 0 Å². The van der Waals surface area contributed by atoms with Gasteiger partial charge in [0, 0.05) is 24.6 Å². The summed E-state index contributed by atoms with van der Waals surface area (Å²) in [5.41, 5.74) is 1.20. The number of ether oxygens (including phenoxy) is 2. The molecule has 0 aliphatic carbocycles. The normalized spacial score (nSPS) is 15.5. The van der Waals surface area contributed by atoms with Crippen molar-refractivity contribution in [1.29, 1.82) is 0 Å². The van der Waals surface area contributed by atoms with Crippen molar-refractivity contribution in [2.75, 3.05) is 25.7 Å². The van der Waals surface area contributed by atoms with Crippen molar-refractivity contribution >= 4 is 21.6 Å². The molecule has 0 bridgehead atoms. The van der Waals surface area contributed by atoms with Crippen LogP contribution in [0.2, 0.25) is 0 Å². The van der Waals surface area contributed by atoms with Crippen LogP contribution in [0.3, 0.4) is 0 Å². The van der Waals surface area contributed by atoms with Crippen molar-refractivity contribution in [3.63, 3.8) is 0 Å². The summed E-state index contributed by atoms with van der Waals surface area (Å²) < 4.78 is 39.3. The molecule has 1 amide bonds. The second-order valence-electron chi connectivity index (χ2n) is 6.57. The Balaban J connectivity index is 1.92. The lowest BCUT2D eigenvalue weighted by Crippen LogP contribution is -2.28. The van der Waals surface area contributed by atoms with E-state index in [1.165, 1.54) is 19.2 Å². The van der Waals surface area contributed by atoms with Crippen LogP contribution >= 0.6 is 0 Å². The Morgan fingerprint density at radius 1 is 1.07 bits per heavy atom. The largest absolute Gasteiger partial charge is 0.496 e. The summed E-state index contributed by atoms with van der Waals surface area (Å²) in [5.74, 6) is 1.03. The van der Waals surface area contributed by atoms with E-state index in [2.05, 4.69) is 4.72 Å². The first-order valence-electron chi connectivity index (χ1n) is 9.01. The number of sulfonamides is 1. The number of hydrogen-bond donors (Lipinski definition) is 1. The van der Waals surface area contributed by atoms with E-state index in [0.717, 1.165) is 12.0 Å². The minimum Gasteiger partial charge on any atom is -0.496 e. The van der Waals surface area contributed by atoms with E-state index in [1.807, 2.05) is 18.2 Å². The van der Waals surface area contributed by atoms with Gasteiger partial charge in [0.05, 0.1) is 24.8 Å².